The number of anilines is 1. The average Bonchev–Trinajstić information content (AvgIpc) is 3.15. The van der Waals surface area contributed by atoms with Crippen LogP contribution in [0.2, 0.25) is 0 Å². The van der Waals surface area contributed by atoms with Crippen LogP contribution in [0.25, 0.3) is 0 Å². The molecule has 190 valence electrons. The van der Waals surface area contributed by atoms with E-state index in [1.54, 1.807) is 12.1 Å². The van der Waals surface area contributed by atoms with Crippen LogP contribution in [0.3, 0.4) is 0 Å². The van der Waals surface area contributed by atoms with E-state index in [0.717, 1.165) is 42.1 Å². The minimum absolute atomic E-state index is 0.116. The van der Waals surface area contributed by atoms with Gasteiger partial charge in [0.2, 0.25) is 0 Å². The summed E-state index contributed by atoms with van der Waals surface area (Å²) in [6.07, 6.45) is 4.63. The van der Waals surface area contributed by atoms with Gasteiger partial charge in [0.25, 0.3) is 5.91 Å². The van der Waals surface area contributed by atoms with Crippen molar-refractivity contribution in [2.24, 2.45) is 11.3 Å². The van der Waals surface area contributed by atoms with Crippen LogP contribution in [0.15, 0.2) is 22.7 Å². The summed E-state index contributed by atoms with van der Waals surface area (Å²) in [5.41, 5.74) is 2.11. The number of fused-ring (bicyclic) bond motifs is 1. The van der Waals surface area contributed by atoms with Crippen LogP contribution in [0.4, 0.5) is 5.00 Å². The molecule has 2 aromatic rings. The molecule has 6 nitrogen and oxygen atoms in total. The van der Waals surface area contributed by atoms with Gasteiger partial charge in [-0.1, -0.05) is 50.0 Å². The number of benzene rings is 1. The highest BCUT2D eigenvalue weighted by Gasteiger charge is 2.34. The third kappa shape index (κ3) is 6.83. The zero-order valence-electron chi connectivity index (χ0n) is 20.9. The van der Waals surface area contributed by atoms with E-state index >= 15 is 0 Å². The van der Waals surface area contributed by atoms with Gasteiger partial charge in [0.05, 0.1) is 24.8 Å². The first-order valence-corrected chi connectivity index (χ1v) is 13.8. The monoisotopic (exact) mass is 580 g/mol. The van der Waals surface area contributed by atoms with Crippen molar-refractivity contribution >= 4 is 61.5 Å². The minimum Gasteiger partial charge on any atom is -0.493 e. The van der Waals surface area contributed by atoms with Crippen molar-refractivity contribution in [3.63, 3.8) is 0 Å². The fourth-order valence-electron chi connectivity index (χ4n) is 4.17. The molecule has 35 heavy (non-hydrogen) atoms. The van der Waals surface area contributed by atoms with Crippen LogP contribution < -0.4 is 15.4 Å². The second-order valence-electron chi connectivity index (χ2n) is 9.76. The predicted octanol–water partition coefficient (Wildman–Crippen LogP) is 6.75. The molecule has 1 aromatic heterocycles. The summed E-state index contributed by atoms with van der Waals surface area (Å²) < 4.78 is 11.6. The van der Waals surface area contributed by atoms with E-state index in [1.165, 1.54) is 23.3 Å². The SMILES string of the molecule is CCCCOc1ccc(Br)cc1C(=O)NC(=S)Nc1sc2c(c1C(=O)OC)CCC(C(C)(C)C)C2. The first-order chi connectivity index (χ1) is 16.5. The molecule has 1 amide bonds. The molecule has 2 N–H and O–H groups in total. The molecule has 1 aromatic carbocycles. The normalized spacial score (nSPS) is 15.2. The molecular weight excluding hydrogens is 548 g/mol. The van der Waals surface area contributed by atoms with E-state index in [4.69, 9.17) is 21.7 Å². The summed E-state index contributed by atoms with van der Waals surface area (Å²) in [5.74, 6) is 0.245. The van der Waals surface area contributed by atoms with Crippen LogP contribution in [0.5, 0.6) is 5.75 Å². The maximum absolute atomic E-state index is 13.0. The number of carbonyl (C=O) groups is 2. The molecular formula is C26H33BrN2O4S2. The van der Waals surface area contributed by atoms with Gasteiger partial charge in [0.1, 0.15) is 10.8 Å². The van der Waals surface area contributed by atoms with Crippen LogP contribution in [0, 0.1) is 11.3 Å². The van der Waals surface area contributed by atoms with Crippen molar-refractivity contribution in [1.29, 1.82) is 0 Å². The molecule has 0 saturated carbocycles. The summed E-state index contributed by atoms with van der Waals surface area (Å²) in [6.45, 7) is 9.37. The number of rotatable bonds is 7. The number of esters is 1. The summed E-state index contributed by atoms with van der Waals surface area (Å²) in [6, 6.07) is 5.30. The lowest BCUT2D eigenvalue weighted by Gasteiger charge is -2.33. The average molecular weight is 582 g/mol. The van der Waals surface area contributed by atoms with E-state index in [-0.39, 0.29) is 16.4 Å². The van der Waals surface area contributed by atoms with Gasteiger partial charge in [-0.05, 0) is 73.0 Å². The number of hydrogen-bond donors (Lipinski definition) is 2. The first-order valence-electron chi connectivity index (χ1n) is 11.8. The summed E-state index contributed by atoms with van der Waals surface area (Å²) in [4.78, 5) is 26.9. The topological polar surface area (TPSA) is 76.7 Å². The van der Waals surface area contributed by atoms with Gasteiger partial charge >= 0.3 is 5.97 Å². The molecule has 0 aliphatic heterocycles. The Morgan fingerprint density at radius 3 is 2.69 bits per heavy atom. The second-order valence-corrected chi connectivity index (χ2v) is 12.2. The zero-order chi connectivity index (χ0) is 25.8. The Kier molecular flexibility index (Phi) is 9.34. The molecule has 3 rings (SSSR count). The summed E-state index contributed by atoms with van der Waals surface area (Å²) >= 11 is 10.4. The number of nitrogens with one attached hydrogen (secondary N) is 2. The van der Waals surface area contributed by atoms with Crippen LogP contribution >= 0.6 is 39.5 Å². The van der Waals surface area contributed by atoms with Gasteiger partial charge in [-0.3, -0.25) is 10.1 Å². The Hall–Kier alpha value is -1.97. The molecule has 0 saturated heterocycles. The Labute approximate surface area is 225 Å². The number of halogens is 1. The highest BCUT2D eigenvalue weighted by atomic mass is 79.9. The quantitative estimate of drug-likeness (QED) is 0.214. The Bertz CT molecular complexity index is 1110. The maximum Gasteiger partial charge on any atom is 0.341 e. The number of thiocarbonyl (C=S) groups is 1. The van der Waals surface area contributed by atoms with Gasteiger partial charge in [-0.15, -0.1) is 11.3 Å². The predicted molar refractivity (Wildman–Crippen MR) is 149 cm³/mol. The number of amides is 1. The minimum atomic E-state index is -0.396. The van der Waals surface area contributed by atoms with Gasteiger partial charge in [0, 0.05) is 9.35 Å². The van der Waals surface area contributed by atoms with Gasteiger partial charge in [-0.25, -0.2) is 4.79 Å². The molecule has 1 aliphatic carbocycles. The lowest BCUT2D eigenvalue weighted by molar-refractivity contribution is 0.0600. The molecule has 0 fully saturated rings. The highest BCUT2D eigenvalue weighted by Crippen LogP contribution is 2.44. The van der Waals surface area contributed by atoms with Crippen molar-refractivity contribution in [2.45, 2.75) is 59.8 Å². The third-order valence-electron chi connectivity index (χ3n) is 6.28. The van der Waals surface area contributed by atoms with Crippen molar-refractivity contribution < 1.29 is 19.1 Å². The molecule has 1 atom stereocenters. The zero-order valence-corrected chi connectivity index (χ0v) is 24.1. The van der Waals surface area contributed by atoms with Crippen LogP contribution in [-0.4, -0.2) is 30.7 Å². The molecule has 0 bridgehead atoms. The summed E-state index contributed by atoms with van der Waals surface area (Å²) in [7, 11) is 1.38. The smallest absolute Gasteiger partial charge is 0.341 e. The fourth-order valence-corrected chi connectivity index (χ4v) is 6.11. The van der Waals surface area contributed by atoms with Crippen molar-refractivity contribution in [3.05, 3.63) is 44.2 Å². The molecule has 0 radical (unpaired) electrons. The largest absolute Gasteiger partial charge is 0.493 e. The molecule has 9 heteroatoms. The lowest BCUT2D eigenvalue weighted by atomic mass is 9.72. The maximum atomic E-state index is 13.0. The molecule has 1 unspecified atom stereocenters. The lowest BCUT2D eigenvalue weighted by Crippen LogP contribution is -2.34. The van der Waals surface area contributed by atoms with Crippen LogP contribution in [0.1, 0.15) is 78.1 Å². The highest BCUT2D eigenvalue weighted by molar-refractivity contribution is 9.10. The van der Waals surface area contributed by atoms with Gasteiger partial charge in [0.15, 0.2) is 5.11 Å². The van der Waals surface area contributed by atoms with Crippen molar-refractivity contribution in [3.8, 4) is 5.75 Å². The van der Waals surface area contributed by atoms with E-state index in [2.05, 4.69) is 54.3 Å². The molecule has 1 aliphatic rings. The Morgan fingerprint density at radius 1 is 1.29 bits per heavy atom. The number of methoxy groups -OCH3 is 1. The second kappa shape index (κ2) is 11.8. The number of thiophene rings is 1. The Morgan fingerprint density at radius 2 is 2.03 bits per heavy atom. The van der Waals surface area contributed by atoms with E-state index in [9.17, 15) is 9.59 Å². The molecule has 1 heterocycles. The number of hydrogen-bond acceptors (Lipinski definition) is 6. The van der Waals surface area contributed by atoms with Crippen LogP contribution in [-0.2, 0) is 17.6 Å². The van der Waals surface area contributed by atoms with Gasteiger partial charge < -0.3 is 14.8 Å². The van der Waals surface area contributed by atoms with Crippen molar-refractivity contribution in [2.75, 3.05) is 19.0 Å². The molecule has 0 spiro atoms. The first kappa shape index (κ1) is 27.6. The van der Waals surface area contributed by atoms with Gasteiger partial charge in [-0.2, -0.15) is 0 Å². The standard InChI is InChI=1S/C26H33BrN2O4S2/c1-6-7-12-33-19-11-9-16(27)14-18(19)22(30)28-25(34)29-23-21(24(31)32-5)17-10-8-15(26(2,3)4)13-20(17)35-23/h9,11,14-15H,6-8,10,12-13H2,1-5H3,(H2,28,29,30,34). The van der Waals surface area contributed by atoms with E-state index in [1.807, 2.05) is 6.07 Å². The third-order valence-corrected chi connectivity index (χ3v) is 8.14. The number of carbonyl (C=O) groups excluding carboxylic acids is 2. The fraction of sp³-hybridized carbons (Fsp3) is 0.500. The van der Waals surface area contributed by atoms with E-state index in [0.29, 0.717) is 34.4 Å². The summed E-state index contributed by atoms with van der Waals surface area (Å²) in [5, 5.41) is 6.55. The number of unbranched alkanes of at least 4 members (excludes halogenated alkanes) is 1. The van der Waals surface area contributed by atoms with Crippen molar-refractivity contribution in [1.82, 2.24) is 5.32 Å². The Balaban J connectivity index is 1.80. The van der Waals surface area contributed by atoms with E-state index < -0.39 is 5.97 Å². The number of ether oxygens (including phenoxy) is 2.